The first-order valence-corrected chi connectivity index (χ1v) is 7.30. The van der Waals surface area contributed by atoms with E-state index >= 15 is 0 Å². The maximum atomic E-state index is 13.9. The van der Waals surface area contributed by atoms with E-state index in [1.54, 1.807) is 35.3 Å². The lowest BCUT2D eigenvalue weighted by Gasteiger charge is -2.17. The van der Waals surface area contributed by atoms with Gasteiger partial charge in [-0.3, -0.25) is 0 Å². The van der Waals surface area contributed by atoms with Crippen LogP contribution in [0, 0.1) is 5.82 Å². The monoisotopic (exact) mass is 328 g/mol. The summed E-state index contributed by atoms with van der Waals surface area (Å²) in [7, 11) is 1.43. The average Bonchev–Trinajstić information content (AvgIpc) is 3.11. The molecule has 1 atom stereocenters. The summed E-state index contributed by atoms with van der Waals surface area (Å²) in [5.74, 6) is 0.717. The zero-order valence-corrected chi connectivity index (χ0v) is 13.3. The third-order valence-corrected chi connectivity index (χ3v) is 3.61. The molecule has 2 aromatic heterocycles. The lowest BCUT2D eigenvalue weighted by molar-refractivity contribution is 0.386. The van der Waals surface area contributed by atoms with Crippen LogP contribution in [0.3, 0.4) is 0 Å². The number of nitrogens with one attached hydrogen (secondary N) is 1. The molecule has 3 aromatic rings. The Morgan fingerprint density at radius 2 is 2.17 bits per heavy atom. The largest absolute Gasteiger partial charge is 0.494 e. The van der Waals surface area contributed by atoms with E-state index in [-0.39, 0.29) is 11.8 Å². The molecule has 0 saturated heterocycles. The number of benzene rings is 1. The molecule has 0 bridgehead atoms. The minimum Gasteiger partial charge on any atom is -0.494 e. The average molecular weight is 328 g/mol. The maximum Gasteiger partial charge on any atom is 0.181 e. The quantitative estimate of drug-likeness (QED) is 0.748. The van der Waals surface area contributed by atoms with Gasteiger partial charge in [0.1, 0.15) is 12.0 Å². The normalized spacial score (nSPS) is 12.0. The first-order chi connectivity index (χ1) is 11.6. The molecule has 0 aliphatic heterocycles. The number of hydrogen-bond acceptors (Lipinski definition) is 6. The fourth-order valence-electron chi connectivity index (χ4n) is 2.32. The Bertz CT molecular complexity index is 837. The lowest BCUT2D eigenvalue weighted by Crippen LogP contribution is -2.13. The van der Waals surface area contributed by atoms with E-state index in [2.05, 4.69) is 20.4 Å². The Balaban J connectivity index is 1.86. The van der Waals surface area contributed by atoms with Gasteiger partial charge in [-0.2, -0.15) is 5.10 Å². The van der Waals surface area contributed by atoms with Crippen molar-refractivity contribution in [2.45, 2.75) is 13.0 Å². The molecule has 0 radical (unpaired) electrons. The summed E-state index contributed by atoms with van der Waals surface area (Å²) in [4.78, 5) is 8.31. The molecule has 0 amide bonds. The summed E-state index contributed by atoms with van der Waals surface area (Å²) in [6, 6.07) is 6.35. The minimum absolute atomic E-state index is 0.202. The van der Waals surface area contributed by atoms with Crippen molar-refractivity contribution < 1.29 is 9.13 Å². The summed E-state index contributed by atoms with van der Waals surface area (Å²) in [5, 5.41) is 7.28. The first kappa shape index (κ1) is 15.7. The van der Waals surface area contributed by atoms with E-state index in [4.69, 9.17) is 10.5 Å². The number of ether oxygens (including phenoxy) is 1. The van der Waals surface area contributed by atoms with Gasteiger partial charge in [-0.15, -0.1) is 0 Å². The van der Waals surface area contributed by atoms with Crippen molar-refractivity contribution in [3.63, 3.8) is 0 Å². The Morgan fingerprint density at radius 1 is 1.33 bits per heavy atom. The number of rotatable bonds is 5. The van der Waals surface area contributed by atoms with E-state index in [0.717, 1.165) is 5.56 Å². The van der Waals surface area contributed by atoms with Crippen LogP contribution in [-0.4, -0.2) is 26.9 Å². The number of nitrogens with zero attached hydrogens (tertiary/aromatic N) is 4. The summed E-state index contributed by atoms with van der Waals surface area (Å²) in [6.07, 6.45) is 4.78. The summed E-state index contributed by atoms with van der Waals surface area (Å²) in [5.41, 5.74) is 7.24. The van der Waals surface area contributed by atoms with Gasteiger partial charge in [0.2, 0.25) is 0 Å². The molecule has 7 nitrogen and oxygen atoms in total. The van der Waals surface area contributed by atoms with Crippen molar-refractivity contribution in [2.75, 3.05) is 18.2 Å². The molecule has 3 N–H and O–H groups in total. The van der Waals surface area contributed by atoms with Crippen LogP contribution in [-0.2, 0) is 0 Å². The number of anilines is 2. The predicted octanol–water partition coefficient (Wildman–Crippen LogP) is 2.57. The van der Waals surface area contributed by atoms with E-state index in [1.807, 2.05) is 6.92 Å². The first-order valence-electron chi connectivity index (χ1n) is 7.30. The number of nitrogens with two attached hydrogens (primary N) is 1. The molecule has 3 rings (SSSR count). The van der Waals surface area contributed by atoms with E-state index in [9.17, 15) is 4.39 Å². The van der Waals surface area contributed by atoms with Gasteiger partial charge in [-0.05, 0) is 30.7 Å². The standard InChI is InChI=1S/C16H17FN6O/c1-10(11-4-5-13(24-2)12(17)8-11)22-15-14(18)16(20-9-19-15)23-7-3-6-21-23/h3-10H,18H2,1-2H3,(H,19,20,22). The van der Waals surface area contributed by atoms with Gasteiger partial charge in [0, 0.05) is 12.4 Å². The van der Waals surface area contributed by atoms with Crippen molar-refractivity contribution in [3.05, 3.63) is 54.4 Å². The number of nitrogen functional groups attached to an aromatic ring is 1. The molecule has 8 heteroatoms. The zero-order chi connectivity index (χ0) is 17.1. The number of methoxy groups -OCH3 is 1. The van der Waals surface area contributed by atoms with Crippen LogP contribution in [0.4, 0.5) is 15.9 Å². The zero-order valence-electron chi connectivity index (χ0n) is 13.3. The third kappa shape index (κ3) is 2.98. The van der Waals surface area contributed by atoms with Crippen molar-refractivity contribution in [1.82, 2.24) is 19.7 Å². The molecular formula is C16H17FN6O. The third-order valence-electron chi connectivity index (χ3n) is 3.61. The Labute approximate surface area is 138 Å². The topological polar surface area (TPSA) is 90.9 Å². The van der Waals surface area contributed by atoms with Crippen molar-refractivity contribution in [3.8, 4) is 11.6 Å². The number of aromatic nitrogens is 4. The second-order valence-corrected chi connectivity index (χ2v) is 5.17. The molecule has 0 aliphatic carbocycles. The molecular weight excluding hydrogens is 311 g/mol. The lowest BCUT2D eigenvalue weighted by atomic mass is 10.1. The highest BCUT2D eigenvalue weighted by molar-refractivity contribution is 5.69. The fraction of sp³-hybridized carbons (Fsp3) is 0.188. The van der Waals surface area contributed by atoms with Gasteiger partial charge < -0.3 is 15.8 Å². The van der Waals surface area contributed by atoms with Gasteiger partial charge in [0.15, 0.2) is 23.2 Å². The molecule has 0 aliphatic rings. The molecule has 1 aromatic carbocycles. The van der Waals surface area contributed by atoms with E-state index < -0.39 is 5.82 Å². The fourth-order valence-corrected chi connectivity index (χ4v) is 2.32. The second kappa shape index (κ2) is 6.53. The molecule has 1 unspecified atom stereocenters. The van der Waals surface area contributed by atoms with Crippen LogP contribution in [0.5, 0.6) is 5.75 Å². The van der Waals surface area contributed by atoms with E-state index in [1.165, 1.54) is 19.5 Å². The van der Waals surface area contributed by atoms with Crippen molar-refractivity contribution in [2.24, 2.45) is 0 Å². The molecule has 24 heavy (non-hydrogen) atoms. The smallest absolute Gasteiger partial charge is 0.181 e. The highest BCUT2D eigenvalue weighted by atomic mass is 19.1. The highest BCUT2D eigenvalue weighted by Crippen LogP contribution is 2.27. The van der Waals surface area contributed by atoms with Crippen LogP contribution in [0.25, 0.3) is 5.82 Å². The Hall–Kier alpha value is -3.16. The van der Waals surface area contributed by atoms with Crippen LogP contribution < -0.4 is 15.8 Å². The molecule has 124 valence electrons. The Morgan fingerprint density at radius 3 is 2.83 bits per heavy atom. The molecule has 0 saturated carbocycles. The van der Waals surface area contributed by atoms with Crippen LogP contribution in [0.1, 0.15) is 18.5 Å². The number of halogens is 1. The maximum absolute atomic E-state index is 13.9. The van der Waals surface area contributed by atoms with Crippen LogP contribution in [0.15, 0.2) is 43.0 Å². The molecule has 0 spiro atoms. The summed E-state index contributed by atoms with van der Waals surface area (Å²) in [6.45, 7) is 1.89. The molecule has 2 heterocycles. The van der Waals surface area contributed by atoms with Gasteiger partial charge in [-0.25, -0.2) is 19.0 Å². The van der Waals surface area contributed by atoms with Crippen LogP contribution >= 0.6 is 0 Å². The second-order valence-electron chi connectivity index (χ2n) is 5.17. The van der Waals surface area contributed by atoms with Gasteiger partial charge >= 0.3 is 0 Å². The van der Waals surface area contributed by atoms with Gasteiger partial charge in [-0.1, -0.05) is 6.07 Å². The molecule has 0 fully saturated rings. The highest BCUT2D eigenvalue weighted by Gasteiger charge is 2.14. The van der Waals surface area contributed by atoms with E-state index in [0.29, 0.717) is 17.3 Å². The van der Waals surface area contributed by atoms with Crippen LogP contribution in [0.2, 0.25) is 0 Å². The predicted molar refractivity (Wildman–Crippen MR) is 88.6 cm³/mol. The van der Waals surface area contributed by atoms with Gasteiger partial charge in [0.25, 0.3) is 0 Å². The van der Waals surface area contributed by atoms with Crippen molar-refractivity contribution >= 4 is 11.5 Å². The van der Waals surface area contributed by atoms with Gasteiger partial charge in [0.05, 0.1) is 13.2 Å². The van der Waals surface area contributed by atoms with Crippen molar-refractivity contribution in [1.29, 1.82) is 0 Å². The SMILES string of the molecule is COc1ccc(C(C)Nc2ncnc(-n3cccn3)c2N)cc1F. The summed E-state index contributed by atoms with van der Waals surface area (Å²) >= 11 is 0. The summed E-state index contributed by atoms with van der Waals surface area (Å²) < 4.78 is 20.3. The number of hydrogen-bond donors (Lipinski definition) is 2. The minimum atomic E-state index is -0.420. The Kier molecular flexibility index (Phi) is 4.28.